The molecule has 1 fully saturated rings. The van der Waals surface area contributed by atoms with Crippen molar-refractivity contribution in [2.75, 3.05) is 0 Å². The number of aromatic nitrogens is 3. The quantitative estimate of drug-likeness (QED) is 0.160. The first-order chi connectivity index (χ1) is 22.6. The second-order valence-electron chi connectivity index (χ2n) is 13.5. The van der Waals surface area contributed by atoms with E-state index in [0.717, 1.165) is 42.3 Å². The summed E-state index contributed by atoms with van der Waals surface area (Å²) in [5.41, 5.74) is 8.36. The molecule has 11 heteroatoms. The summed E-state index contributed by atoms with van der Waals surface area (Å²) in [6.45, 7) is 7.89. The fraction of sp³-hybridized carbons (Fsp3) is 0.583. The van der Waals surface area contributed by atoms with Crippen LogP contribution in [0.1, 0.15) is 90.4 Å². The van der Waals surface area contributed by atoms with Gasteiger partial charge >= 0.3 is 6.09 Å². The number of pyridine rings is 1. The predicted octanol–water partition coefficient (Wildman–Crippen LogP) is 5.48. The van der Waals surface area contributed by atoms with E-state index in [1.54, 1.807) is 24.5 Å². The summed E-state index contributed by atoms with van der Waals surface area (Å²) in [6.07, 6.45) is 8.44. The van der Waals surface area contributed by atoms with Gasteiger partial charge in [-0.2, -0.15) is 0 Å². The number of aromatic amines is 1. The third-order valence-corrected chi connectivity index (χ3v) is 9.67. The molecule has 11 nitrogen and oxygen atoms in total. The van der Waals surface area contributed by atoms with Crippen molar-refractivity contribution >= 4 is 28.9 Å². The number of nitrogens with two attached hydrogens (primary N) is 1. The number of hydrogen-bond donors (Lipinski definition) is 4. The molecule has 47 heavy (non-hydrogen) atoms. The van der Waals surface area contributed by atoms with Crippen molar-refractivity contribution in [3.05, 3.63) is 60.2 Å². The van der Waals surface area contributed by atoms with E-state index in [2.05, 4.69) is 20.3 Å². The number of aliphatic hydroxyl groups is 1. The standard InChI is InChI=1S/C36H52N6O5/c1-5-24(4)33(34(37)44)42(21-32-39-28-13-9-10-14-29(28)40-32)35(45)27(23(2)3)20-31(43)30(19-25-11-7-6-8-12-25)41-36(46)47-22-26-15-17-38-18-16-26/h9-10,13-18,23-25,27,30-31,33,43H,5-8,11-12,19-22H2,1-4H3,(H2,37,44)(H,39,40)(H,41,46)/t24-,27-,30-,31-,33-/m0/s1. The van der Waals surface area contributed by atoms with Crippen LogP contribution in [-0.4, -0.2) is 61.1 Å². The average Bonchev–Trinajstić information content (AvgIpc) is 3.48. The van der Waals surface area contributed by atoms with E-state index in [4.69, 9.17) is 10.5 Å². The van der Waals surface area contributed by atoms with E-state index in [1.807, 2.05) is 52.0 Å². The number of benzene rings is 1. The van der Waals surface area contributed by atoms with Crippen molar-refractivity contribution in [3.8, 4) is 0 Å². The molecule has 0 aliphatic heterocycles. The summed E-state index contributed by atoms with van der Waals surface area (Å²) in [5, 5.41) is 14.7. The Bertz CT molecular complexity index is 1410. The van der Waals surface area contributed by atoms with Gasteiger partial charge in [-0.25, -0.2) is 9.78 Å². The average molecular weight is 649 g/mol. The Morgan fingerprint density at radius 3 is 2.43 bits per heavy atom. The van der Waals surface area contributed by atoms with E-state index in [1.165, 1.54) is 11.3 Å². The molecule has 0 saturated heterocycles. The molecule has 0 bridgehead atoms. The third kappa shape index (κ3) is 10.00. The second-order valence-corrected chi connectivity index (χ2v) is 13.5. The lowest BCUT2D eigenvalue weighted by molar-refractivity contribution is -0.147. The lowest BCUT2D eigenvalue weighted by Gasteiger charge is -2.37. The largest absolute Gasteiger partial charge is 0.445 e. The maximum atomic E-state index is 14.5. The lowest BCUT2D eigenvalue weighted by atomic mass is 9.80. The smallest absolute Gasteiger partial charge is 0.407 e. The number of ether oxygens (including phenoxy) is 1. The molecule has 256 valence electrons. The molecular formula is C36H52N6O5. The topological polar surface area (TPSA) is 164 Å². The summed E-state index contributed by atoms with van der Waals surface area (Å²) >= 11 is 0. The number of rotatable bonds is 16. The summed E-state index contributed by atoms with van der Waals surface area (Å²) < 4.78 is 5.50. The molecule has 4 rings (SSSR count). The van der Waals surface area contributed by atoms with Gasteiger partial charge in [0.05, 0.1) is 29.7 Å². The number of alkyl carbamates (subject to hydrolysis) is 1. The number of fused-ring (bicyclic) bond motifs is 1. The Morgan fingerprint density at radius 1 is 1.09 bits per heavy atom. The number of H-pyrrole nitrogens is 1. The number of para-hydroxylation sites is 2. The first-order valence-corrected chi connectivity index (χ1v) is 17.1. The molecular weight excluding hydrogens is 596 g/mol. The molecule has 2 heterocycles. The minimum absolute atomic E-state index is 0.0653. The van der Waals surface area contributed by atoms with E-state index in [0.29, 0.717) is 24.6 Å². The second kappa shape index (κ2) is 17.2. The van der Waals surface area contributed by atoms with Gasteiger partial charge in [0.2, 0.25) is 11.8 Å². The summed E-state index contributed by atoms with van der Waals surface area (Å²) in [7, 11) is 0. The van der Waals surface area contributed by atoms with Crippen molar-refractivity contribution in [2.24, 2.45) is 29.4 Å². The first kappa shape index (κ1) is 35.9. The van der Waals surface area contributed by atoms with Crippen LogP contribution >= 0.6 is 0 Å². The van der Waals surface area contributed by atoms with Gasteiger partial charge in [-0.05, 0) is 60.4 Å². The van der Waals surface area contributed by atoms with Crippen LogP contribution in [0.4, 0.5) is 4.79 Å². The molecule has 1 aliphatic rings. The van der Waals surface area contributed by atoms with Crippen molar-refractivity contribution in [1.82, 2.24) is 25.2 Å². The molecule has 5 atom stereocenters. The number of nitrogens with one attached hydrogen (secondary N) is 2. The van der Waals surface area contributed by atoms with E-state index >= 15 is 0 Å². The number of nitrogens with zero attached hydrogens (tertiary/aromatic N) is 3. The molecule has 3 amide bonds. The summed E-state index contributed by atoms with van der Waals surface area (Å²) in [5.74, 6) is -0.980. The maximum Gasteiger partial charge on any atom is 0.407 e. The van der Waals surface area contributed by atoms with E-state index in [9.17, 15) is 19.5 Å². The van der Waals surface area contributed by atoms with Gasteiger partial charge in [0, 0.05) is 18.3 Å². The van der Waals surface area contributed by atoms with Crippen LogP contribution in [0.2, 0.25) is 0 Å². The summed E-state index contributed by atoms with van der Waals surface area (Å²) in [6, 6.07) is 9.67. The summed E-state index contributed by atoms with van der Waals surface area (Å²) in [4.78, 5) is 53.9. The van der Waals surface area contributed by atoms with Gasteiger partial charge in [0.25, 0.3) is 0 Å². The van der Waals surface area contributed by atoms with Crippen molar-refractivity contribution in [2.45, 2.75) is 110 Å². The lowest BCUT2D eigenvalue weighted by Crippen LogP contribution is -2.54. The number of hydrogen-bond acceptors (Lipinski definition) is 7. The minimum atomic E-state index is -1.02. The zero-order chi connectivity index (χ0) is 33.9. The number of aliphatic hydroxyl groups excluding tert-OH is 1. The van der Waals surface area contributed by atoms with Gasteiger partial charge in [-0.15, -0.1) is 0 Å². The highest BCUT2D eigenvalue weighted by atomic mass is 16.5. The van der Waals surface area contributed by atoms with Crippen LogP contribution < -0.4 is 11.1 Å². The zero-order valence-electron chi connectivity index (χ0n) is 28.2. The highest BCUT2D eigenvalue weighted by molar-refractivity contribution is 5.88. The SMILES string of the molecule is CC[C@H](C)[C@@H](C(N)=O)N(Cc1nc2ccccc2[nH]1)C(=O)[C@@H](C[C@H](O)[C@H](CC1CCCCC1)NC(=O)OCc1ccncc1)C(C)C. The highest BCUT2D eigenvalue weighted by Crippen LogP contribution is 2.31. The van der Waals surface area contributed by atoms with Crippen LogP contribution in [0.15, 0.2) is 48.8 Å². The number of amides is 3. The molecule has 0 spiro atoms. The molecule has 0 radical (unpaired) electrons. The number of carbonyl (C=O) groups excluding carboxylic acids is 3. The van der Waals surface area contributed by atoms with Gasteiger partial charge in [-0.3, -0.25) is 14.6 Å². The fourth-order valence-corrected chi connectivity index (χ4v) is 6.73. The van der Waals surface area contributed by atoms with Crippen LogP contribution in [0, 0.1) is 23.7 Å². The Balaban J connectivity index is 1.56. The van der Waals surface area contributed by atoms with E-state index < -0.39 is 36.1 Å². The number of imidazole rings is 1. The number of primary amides is 1. The minimum Gasteiger partial charge on any atom is -0.445 e. The molecule has 1 saturated carbocycles. The normalized spacial score (nSPS) is 17.1. The molecule has 3 aromatic rings. The van der Waals surface area contributed by atoms with Gasteiger partial charge in [0.1, 0.15) is 18.5 Å². The van der Waals surface area contributed by atoms with Crippen molar-refractivity contribution < 1.29 is 24.2 Å². The van der Waals surface area contributed by atoms with Crippen LogP contribution in [0.3, 0.4) is 0 Å². The molecule has 5 N–H and O–H groups in total. The molecule has 2 aromatic heterocycles. The van der Waals surface area contributed by atoms with Crippen LogP contribution in [0.5, 0.6) is 0 Å². The Labute approximate surface area is 278 Å². The molecule has 1 aliphatic carbocycles. The monoisotopic (exact) mass is 648 g/mol. The van der Waals surface area contributed by atoms with Crippen molar-refractivity contribution in [1.29, 1.82) is 0 Å². The highest BCUT2D eigenvalue weighted by Gasteiger charge is 2.39. The predicted molar refractivity (Wildman–Crippen MR) is 181 cm³/mol. The van der Waals surface area contributed by atoms with Gasteiger partial charge < -0.3 is 30.8 Å². The Hall–Kier alpha value is -3.99. The number of carbonyl (C=O) groups is 3. The third-order valence-electron chi connectivity index (χ3n) is 9.67. The van der Waals surface area contributed by atoms with E-state index in [-0.39, 0.29) is 37.3 Å². The Morgan fingerprint density at radius 2 is 1.79 bits per heavy atom. The zero-order valence-corrected chi connectivity index (χ0v) is 28.2. The van der Waals surface area contributed by atoms with Crippen LogP contribution in [-0.2, 0) is 27.5 Å². The van der Waals surface area contributed by atoms with Crippen molar-refractivity contribution in [3.63, 3.8) is 0 Å². The fourth-order valence-electron chi connectivity index (χ4n) is 6.73. The first-order valence-electron chi connectivity index (χ1n) is 17.1. The molecule has 1 aromatic carbocycles. The van der Waals surface area contributed by atoms with Gasteiger partial charge in [0.15, 0.2) is 0 Å². The molecule has 0 unspecified atom stereocenters. The van der Waals surface area contributed by atoms with Crippen LogP contribution in [0.25, 0.3) is 11.0 Å². The Kier molecular flexibility index (Phi) is 13.2. The maximum absolute atomic E-state index is 14.5. The van der Waals surface area contributed by atoms with Gasteiger partial charge in [-0.1, -0.05) is 78.4 Å².